The third-order valence-corrected chi connectivity index (χ3v) is 4.55. The van der Waals surface area contributed by atoms with Crippen LogP contribution in [0.25, 0.3) is 11.1 Å². The van der Waals surface area contributed by atoms with Crippen molar-refractivity contribution in [1.29, 1.82) is 0 Å². The van der Waals surface area contributed by atoms with Crippen LogP contribution in [0.5, 0.6) is 0 Å². The van der Waals surface area contributed by atoms with Gasteiger partial charge < -0.3 is 14.5 Å². The van der Waals surface area contributed by atoms with Crippen LogP contribution < -0.4 is 10.9 Å². The molecule has 0 aliphatic heterocycles. The van der Waals surface area contributed by atoms with Crippen LogP contribution in [-0.2, 0) is 17.8 Å². The van der Waals surface area contributed by atoms with Gasteiger partial charge in [0.15, 0.2) is 0 Å². The van der Waals surface area contributed by atoms with Crippen molar-refractivity contribution in [3.63, 3.8) is 0 Å². The fourth-order valence-electron chi connectivity index (χ4n) is 3.18. The minimum absolute atomic E-state index is 0.170. The normalized spacial score (nSPS) is 11.3. The lowest BCUT2D eigenvalue weighted by atomic mass is 10.1. The molecule has 0 fully saturated rings. The predicted octanol–water partition coefficient (Wildman–Crippen LogP) is 1.58. The van der Waals surface area contributed by atoms with Gasteiger partial charge in [-0.15, -0.1) is 0 Å². The molecule has 9 heteroatoms. The van der Waals surface area contributed by atoms with Gasteiger partial charge >= 0.3 is 0 Å². The number of carbonyl (C=O) groups is 1. The molecule has 3 aromatic rings. The van der Waals surface area contributed by atoms with E-state index in [1.807, 2.05) is 24.6 Å². The van der Waals surface area contributed by atoms with E-state index in [2.05, 4.69) is 15.4 Å². The van der Waals surface area contributed by atoms with E-state index < -0.39 is 0 Å². The van der Waals surface area contributed by atoms with E-state index in [-0.39, 0.29) is 28.1 Å². The fourth-order valence-corrected chi connectivity index (χ4v) is 3.18. The smallest absolute Gasteiger partial charge is 0.265 e. The summed E-state index contributed by atoms with van der Waals surface area (Å²) in [7, 11) is 1.56. The molecule has 3 aromatic heterocycles. The standard InChI is InChI=1S/C19H25N5O4/c1-12-10-13(2)24(22-12)7-5-6-20-17(25)15-14(3)28-18-16(15)19(26)23(11-21-18)8-9-27-4/h10-11H,5-9H2,1-4H3,(H,20,25). The van der Waals surface area contributed by atoms with Gasteiger partial charge in [-0.05, 0) is 33.3 Å². The van der Waals surface area contributed by atoms with Crippen molar-refractivity contribution in [2.75, 3.05) is 20.3 Å². The highest BCUT2D eigenvalue weighted by Crippen LogP contribution is 2.20. The summed E-state index contributed by atoms with van der Waals surface area (Å²) in [6.07, 6.45) is 2.13. The van der Waals surface area contributed by atoms with E-state index in [1.54, 1.807) is 14.0 Å². The van der Waals surface area contributed by atoms with Crippen LogP contribution in [0.15, 0.2) is 21.6 Å². The maximum Gasteiger partial charge on any atom is 0.265 e. The second kappa shape index (κ2) is 8.39. The van der Waals surface area contributed by atoms with Crippen molar-refractivity contribution < 1.29 is 13.9 Å². The van der Waals surface area contributed by atoms with E-state index in [1.165, 1.54) is 10.9 Å². The molecule has 1 amide bonds. The Kier molecular flexibility index (Phi) is 5.93. The minimum atomic E-state index is -0.340. The number of amides is 1. The van der Waals surface area contributed by atoms with Crippen molar-refractivity contribution in [3.05, 3.63) is 45.5 Å². The van der Waals surface area contributed by atoms with Gasteiger partial charge in [0.05, 0.1) is 24.4 Å². The van der Waals surface area contributed by atoms with Crippen LogP contribution in [0.4, 0.5) is 0 Å². The van der Waals surface area contributed by atoms with E-state index >= 15 is 0 Å². The van der Waals surface area contributed by atoms with Crippen molar-refractivity contribution >= 4 is 17.0 Å². The Balaban J connectivity index is 1.72. The summed E-state index contributed by atoms with van der Waals surface area (Å²) in [5, 5.41) is 7.47. The highest BCUT2D eigenvalue weighted by molar-refractivity contribution is 6.06. The molecule has 3 rings (SSSR count). The van der Waals surface area contributed by atoms with E-state index in [0.717, 1.165) is 17.8 Å². The molecule has 0 radical (unpaired) electrons. The highest BCUT2D eigenvalue weighted by Gasteiger charge is 2.22. The maximum atomic E-state index is 12.7. The highest BCUT2D eigenvalue weighted by atomic mass is 16.5. The Bertz CT molecular complexity index is 1050. The zero-order chi connectivity index (χ0) is 20.3. The van der Waals surface area contributed by atoms with Gasteiger partial charge in [0, 0.05) is 25.9 Å². The topological polar surface area (TPSA) is 104 Å². The lowest BCUT2D eigenvalue weighted by Crippen LogP contribution is -2.28. The Hall–Kier alpha value is -2.94. The summed E-state index contributed by atoms with van der Waals surface area (Å²) in [6.45, 7) is 7.50. The molecule has 0 spiro atoms. The van der Waals surface area contributed by atoms with E-state index in [4.69, 9.17) is 9.15 Å². The average molecular weight is 387 g/mol. The molecule has 150 valence electrons. The van der Waals surface area contributed by atoms with Crippen LogP contribution in [0.1, 0.15) is 33.9 Å². The maximum absolute atomic E-state index is 12.7. The van der Waals surface area contributed by atoms with Crippen LogP contribution in [0.2, 0.25) is 0 Å². The third kappa shape index (κ3) is 3.99. The Morgan fingerprint density at radius 1 is 1.29 bits per heavy atom. The Morgan fingerprint density at radius 3 is 2.75 bits per heavy atom. The summed E-state index contributed by atoms with van der Waals surface area (Å²) in [4.78, 5) is 29.6. The number of carbonyl (C=O) groups excluding carboxylic acids is 1. The molecule has 0 unspecified atom stereocenters. The summed E-state index contributed by atoms with van der Waals surface area (Å²) in [5.41, 5.74) is 2.16. The van der Waals surface area contributed by atoms with Gasteiger partial charge in [-0.1, -0.05) is 0 Å². The quantitative estimate of drug-likeness (QED) is 0.589. The first-order chi connectivity index (χ1) is 13.4. The third-order valence-electron chi connectivity index (χ3n) is 4.55. The number of fused-ring (bicyclic) bond motifs is 1. The van der Waals surface area contributed by atoms with Crippen molar-refractivity contribution in [3.8, 4) is 0 Å². The molecule has 0 saturated carbocycles. The molecule has 0 aromatic carbocycles. The van der Waals surface area contributed by atoms with Gasteiger partial charge in [0.1, 0.15) is 17.5 Å². The summed E-state index contributed by atoms with van der Waals surface area (Å²) in [5.74, 6) is 0.0353. The molecule has 0 saturated heterocycles. The number of furan rings is 1. The van der Waals surface area contributed by atoms with Crippen LogP contribution in [0, 0.1) is 20.8 Å². The average Bonchev–Trinajstić information content (AvgIpc) is 3.16. The summed E-state index contributed by atoms with van der Waals surface area (Å²) < 4.78 is 13.9. The van der Waals surface area contributed by atoms with Gasteiger partial charge in [-0.2, -0.15) is 5.10 Å². The lowest BCUT2D eigenvalue weighted by Gasteiger charge is -2.07. The Labute approximate surface area is 162 Å². The largest absolute Gasteiger partial charge is 0.442 e. The fraction of sp³-hybridized carbons (Fsp3) is 0.474. The van der Waals surface area contributed by atoms with E-state index in [9.17, 15) is 9.59 Å². The minimum Gasteiger partial charge on any atom is -0.442 e. The number of nitrogens with one attached hydrogen (secondary N) is 1. The monoisotopic (exact) mass is 387 g/mol. The zero-order valence-corrected chi connectivity index (χ0v) is 16.6. The lowest BCUT2D eigenvalue weighted by molar-refractivity contribution is 0.0952. The molecule has 0 atom stereocenters. The predicted molar refractivity (Wildman–Crippen MR) is 104 cm³/mol. The number of rotatable bonds is 8. The van der Waals surface area contributed by atoms with Gasteiger partial charge in [0.2, 0.25) is 5.71 Å². The second-order valence-corrected chi connectivity index (χ2v) is 6.71. The van der Waals surface area contributed by atoms with Crippen molar-refractivity contribution in [1.82, 2.24) is 24.6 Å². The first-order valence-corrected chi connectivity index (χ1v) is 9.19. The number of nitrogens with zero attached hydrogens (tertiary/aromatic N) is 4. The second-order valence-electron chi connectivity index (χ2n) is 6.71. The molecule has 3 heterocycles. The number of aromatic nitrogens is 4. The first-order valence-electron chi connectivity index (χ1n) is 9.19. The molecule has 1 N–H and O–H groups in total. The van der Waals surface area contributed by atoms with Crippen LogP contribution in [0.3, 0.4) is 0 Å². The van der Waals surface area contributed by atoms with Crippen LogP contribution in [-0.4, -0.2) is 45.5 Å². The van der Waals surface area contributed by atoms with E-state index in [0.29, 0.717) is 32.0 Å². The van der Waals surface area contributed by atoms with Crippen molar-refractivity contribution in [2.45, 2.75) is 40.3 Å². The molecule has 0 aliphatic carbocycles. The molecular formula is C19H25N5O4. The van der Waals surface area contributed by atoms with Gasteiger partial charge in [-0.25, -0.2) is 4.98 Å². The summed E-state index contributed by atoms with van der Waals surface area (Å²) >= 11 is 0. The zero-order valence-electron chi connectivity index (χ0n) is 16.6. The number of hydrogen-bond donors (Lipinski definition) is 1. The number of aryl methyl sites for hydroxylation is 4. The summed E-state index contributed by atoms with van der Waals surface area (Å²) in [6, 6.07) is 2.02. The van der Waals surface area contributed by atoms with Gasteiger partial charge in [-0.3, -0.25) is 18.8 Å². The van der Waals surface area contributed by atoms with Crippen LogP contribution >= 0.6 is 0 Å². The molecule has 28 heavy (non-hydrogen) atoms. The number of methoxy groups -OCH3 is 1. The Morgan fingerprint density at radius 2 is 2.07 bits per heavy atom. The van der Waals surface area contributed by atoms with Gasteiger partial charge in [0.25, 0.3) is 11.5 Å². The first kappa shape index (κ1) is 19.8. The number of ether oxygens (including phenoxy) is 1. The molecule has 9 nitrogen and oxygen atoms in total. The van der Waals surface area contributed by atoms with Crippen molar-refractivity contribution in [2.24, 2.45) is 0 Å². The molecule has 0 aliphatic rings. The molecular weight excluding hydrogens is 362 g/mol. The number of hydrogen-bond acceptors (Lipinski definition) is 6. The molecule has 0 bridgehead atoms. The SMILES string of the molecule is COCCn1cnc2oc(C)c(C(=O)NCCCn3nc(C)cc3C)c2c1=O.